The largest absolute Gasteiger partial charge is 0.480 e. The first-order valence-corrected chi connectivity index (χ1v) is 5.64. The highest BCUT2D eigenvalue weighted by Crippen LogP contribution is 2.01. The Labute approximate surface area is 91.1 Å². The Hall–Kier alpha value is -1.06. The number of carboxylic acid groups (broad SMARTS) is 1. The molecule has 0 bridgehead atoms. The molecule has 0 aromatic carbocycles. The van der Waals surface area contributed by atoms with Gasteiger partial charge in [-0.05, 0) is 12.8 Å². The normalized spacial score (nSPS) is 12.1. The second kappa shape index (κ2) is 8.26. The average molecular weight is 215 g/mol. The first-order chi connectivity index (χ1) is 7.11. The molecule has 0 unspecified atom stereocenters. The summed E-state index contributed by atoms with van der Waals surface area (Å²) >= 11 is 0. The van der Waals surface area contributed by atoms with Crippen LogP contribution in [0.3, 0.4) is 0 Å². The standard InChI is InChI=1S/C11H21NO3/c1-3-5-6-8-10(13)12-9(7-4-2)11(14)15/h9H,3-8H2,1-2H3,(H,12,13)(H,14,15)/t9-/m1/s1. The van der Waals surface area contributed by atoms with E-state index < -0.39 is 12.0 Å². The van der Waals surface area contributed by atoms with E-state index in [2.05, 4.69) is 12.2 Å². The van der Waals surface area contributed by atoms with Gasteiger partial charge in [-0.1, -0.05) is 33.1 Å². The van der Waals surface area contributed by atoms with E-state index in [0.717, 1.165) is 25.7 Å². The monoisotopic (exact) mass is 215 g/mol. The molecule has 1 atom stereocenters. The minimum Gasteiger partial charge on any atom is -0.480 e. The third-order valence-corrected chi connectivity index (χ3v) is 2.22. The number of carboxylic acids is 1. The Balaban J connectivity index is 3.84. The van der Waals surface area contributed by atoms with E-state index in [-0.39, 0.29) is 5.91 Å². The summed E-state index contributed by atoms with van der Waals surface area (Å²) in [7, 11) is 0. The molecule has 0 saturated carbocycles. The van der Waals surface area contributed by atoms with E-state index >= 15 is 0 Å². The molecular formula is C11H21NO3. The minimum absolute atomic E-state index is 0.149. The van der Waals surface area contributed by atoms with Crippen molar-refractivity contribution < 1.29 is 14.7 Å². The molecule has 15 heavy (non-hydrogen) atoms. The fourth-order valence-corrected chi connectivity index (χ4v) is 1.35. The molecule has 0 radical (unpaired) electrons. The van der Waals surface area contributed by atoms with Crippen molar-refractivity contribution in [2.75, 3.05) is 0 Å². The van der Waals surface area contributed by atoms with Gasteiger partial charge in [-0.2, -0.15) is 0 Å². The van der Waals surface area contributed by atoms with E-state index in [1.807, 2.05) is 6.92 Å². The zero-order valence-electron chi connectivity index (χ0n) is 9.58. The second-order valence-electron chi connectivity index (χ2n) is 3.70. The van der Waals surface area contributed by atoms with Gasteiger partial charge in [0.05, 0.1) is 0 Å². The van der Waals surface area contributed by atoms with Gasteiger partial charge in [0.1, 0.15) is 6.04 Å². The van der Waals surface area contributed by atoms with Crippen LogP contribution in [0.15, 0.2) is 0 Å². The molecule has 0 aliphatic carbocycles. The third kappa shape index (κ3) is 6.94. The van der Waals surface area contributed by atoms with Gasteiger partial charge in [-0.3, -0.25) is 4.79 Å². The van der Waals surface area contributed by atoms with E-state index in [1.54, 1.807) is 0 Å². The van der Waals surface area contributed by atoms with Crippen molar-refractivity contribution in [1.82, 2.24) is 5.32 Å². The molecule has 2 N–H and O–H groups in total. The van der Waals surface area contributed by atoms with E-state index in [0.29, 0.717) is 12.8 Å². The molecule has 0 aromatic heterocycles. The van der Waals surface area contributed by atoms with E-state index in [9.17, 15) is 9.59 Å². The van der Waals surface area contributed by atoms with Gasteiger partial charge in [0.25, 0.3) is 0 Å². The summed E-state index contributed by atoms with van der Waals surface area (Å²) in [6.45, 7) is 3.97. The van der Waals surface area contributed by atoms with Crippen molar-refractivity contribution in [3.8, 4) is 0 Å². The maximum Gasteiger partial charge on any atom is 0.326 e. The number of carbonyl (C=O) groups excluding carboxylic acids is 1. The van der Waals surface area contributed by atoms with Crippen LogP contribution in [0.4, 0.5) is 0 Å². The molecule has 0 heterocycles. The number of hydrogen-bond donors (Lipinski definition) is 2. The van der Waals surface area contributed by atoms with E-state index in [1.165, 1.54) is 0 Å². The maximum atomic E-state index is 11.3. The summed E-state index contributed by atoms with van der Waals surface area (Å²) in [4.78, 5) is 22.1. The lowest BCUT2D eigenvalue weighted by Gasteiger charge is -2.13. The van der Waals surface area contributed by atoms with E-state index in [4.69, 9.17) is 5.11 Å². The number of amides is 1. The predicted octanol–water partition coefficient (Wildman–Crippen LogP) is 1.94. The number of nitrogens with one attached hydrogen (secondary N) is 1. The fraction of sp³-hybridized carbons (Fsp3) is 0.818. The zero-order valence-corrected chi connectivity index (χ0v) is 9.58. The van der Waals surface area contributed by atoms with Crippen LogP contribution in [0.5, 0.6) is 0 Å². The highest BCUT2D eigenvalue weighted by atomic mass is 16.4. The van der Waals surface area contributed by atoms with Gasteiger partial charge in [-0.15, -0.1) is 0 Å². The fourth-order valence-electron chi connectivity index (χ4n) is 1.35. The molecule has 1 amide bonds. The highest BCUT2D eigenvalue weighted by Gasteiger charge is 2.17. The summed E-state index contributed by atoms with van der Waals surface area (Å²) in [5, 5.41) is 11.3. The molecule has 0 aromatic rings. The molecule has 88 valence electrons. The van der Waals surface area contributed by atoms with Crippen LogP contribution in [-0.2, 0) is 9.59 Å². The lowest BCUT2D eigenvalue weighted by molar-refractivity contribution is -0.142. The van der Waals surface area contributed by atoms with Gasteiger partial charge in [-0.25, -0.2) is 4.79 Å². The summed E-state index contributed by atoms with van der Waals surface area (Å²) in [6, 6.07) is -0.718. The lowest BCUT2D eigenvalue weighted by atomic mass is 10.1. The van der Waals surface area contributed by atoms with Crippen molar-refractivity contribution in [3.63, 3.8) is 0 Å². The Bertz CT molecular complexity index is 204. The smallest absolute Gasteiger partial charge is 0.326 e. The maximum absolute atomic E-state index is 11.3. The summed E-state index contributed by atoms with van der Waals surface area (Å²) in [5.74, 6) is -1.09. The Kier molecular flexibility index (Phi) is 7.68. The van der Waals surface area contributed by atoms with Gasteiger partial charge >= 0.3 is 5.97 Å². The summed E-state index contributed by atoms with van der Waals surface area (Å²) in [6.07, 6.45) is 4.59. The molecule has 4 heteroatoms. The quantitative estimate of drug-likeness (QED) is 0.608. The Morgan fingerprint density at radius 1 is 1.20 bits per heavy atom. The molecule has 0 aliphatic heterocycles. The van der Waals surface area contributed by atoms with Gasteiger partial charge < -0.3 is 10.4 Å². The molecule has 4 nitrogen and oxygen atoms in total. The highest BCUT2D eigenvalue weighted by molar-refractivity contribution is 5.83. The number of rotatable bonds is 8. The van der Waals surface area contributed by atoms with Gasteiger partial charge in [0.15, 0.2) is 0 Å². The number of carbonyl (C=O) groups is 2. The lowest BCUT2D eigenvalue weighted by Crippen LogP contribution is -2.40. The minimum atomic E-state index is -0.944. The van der Waals surface area contributed by atoms with Crippen LogP contribution >= 0.6 is 0 Å². The Morgan fingerprint density at radius 2 is 1.87 bits per heavy atom. The molecule has 0 aliphatic rings. The van der Waals surface area contributed by atoms with Crippen LogP contribution in [0.2, 0.25) is 0 Å². The molecule has 0 fully saturated rings. The summed E-state index contributed by atoms with van der Waals surface area (Å²) in [5.41, 5.74) is 0. The molecule has 0 spiro atoms. The average Bonchev–Trinajstić information content (AvgIpc) is 2.17. The van der Waals surface area contributed by atoms with Gasteiger partial charge in [0, 0.05) is 6.42 Å². The van der Waals surface area contributed by atoms with Crippen LogP contribution < -0.4 is 5.32 Å². The summed E-state index contributed by atoms with van der Waals surface area (Å²) < 4.78 is 0. The topological polar surface area (TPSA) is 66.4 Å². The van der Waals surface area contributed by atoms with Crippen molar-refractivity contribution in [3.05, 3.63) is 0 Å². The predicted molar refractivity (Wildman–Crippen MR) is 58.6 cm³/mol. The number of unbranched alkanes of at least 4 members (excludes halogenated alkanes) is 2. The zero-order chi connectivity index (χ0) is 11.7. The second-order valence-corrected chi connectivity index (χ2v) is 3.70. The van der Waals surface area contributed by atoms with Crippen LogP contribution in [0.1, 0.15) is 52.4 Å². The van der Waals surface area contributed by atoms with Crippen LogP contribution in [-0.4, -0.2) is 23.0 Å². The number of hydrogen-bond acceptors (Lipinski definition) is 2. The SMILES string of the molecule is CCCCCC(=O)N[C@H](CCC)C(=O)O. The van der Waals surface area contributed by atoms with Crippen molar-refractivity contribution in [1.29, 1.82) is 0 Å². The first-order valence-electron chi connectivity index (χ1n) is 5.64. The molecule has 0 saturated heterocycles. The first kappa shape index (κ1) is 13.9. The van der Waals surface area contributed by atoms with Crippen molar-refractivity contribution in [2.24, 2.45) is 0 Å². The van der Waals surface area contributed by atoms with Crippen molar-refractivity contribution >= 4 is 11.9 Å². The van der Waals surface area contributed by atoms with Crippen molar-refractivity contribution in [2.45, 2.75) is 58.4 Å². The number of aliphatic carboxylic acids is 1. The third-order valence-electron chi connectivity index (χ3n) is 2.22. The van der Waals surface area contributed by atoms with Gasteiger partial charge in [0.2, 0.25) is 5.91 Å². The molecular weight excluding hydrogens is 194 g/mol. The Morgan fingerprint density at radius 3 is 2.33 bits per heavy atom. The molecule has 0 rings (SSSR count). The van der Waals surface area contributed by atoms with Crippen LogP contribution in [0.25, 0.3) is 0 Å². The van der Waals surface area contributed by atoms with Crippen LogP contribution in [0, 0.1) is 0 Å².